The molecule has 0 unspecified atom stereocenters. The highest BCUT2D eigenvalue weighted by Gasteiger charge is 2.31. The van der Waals surface area contributed by atoms with E-state index in [1.54, 1.807) is 0 Å². The Bertz CT molecular complexity index is 574. The van der Waals surface area contributed by atoms with Crippen molar-refractivity contribution >= 4 is 11.9 Å². The number of nitrogens with one attached hydrogen (secondary N) is 1. The fourth-order valence-corrected chi connectivity index (χ4v) is 1.62. The summed E-state index contributed by atoms with van der Waals surface area (Å²) in [5.41, 5.74) is -1.02. The molecule has 0 aliphatic heterocycles. The smallest absolute Gasteiger partial charge is 0.416 e. The van der Waals surface area contributed by atoms with Gasteiger partial charge in [-0.25, -0.2) is 4.99 Å². The first kappa shape index (κ1) is 20.0. The van der Waals surface area contributed by atoms with Crippen LogP contribution < -0.4 is 5.32 Å². The highest BCUT2D eigenvalue weighted by atomic mass is 19.4. The summed E-state index contributed by atoms with van der Waals surface area (Å²) in [6.07, 6.45) is -3.80. The second-order valence-corrected chi connectivity index (χ2v) is 5.07. The van der Waals surface area contributed by atoms with Gasteiger partial charge in [0.2, 0.25) is 0 Å². The van der Waals surface area contributed by atoms with Crippen LogP contribution in [0.4, 0.5) is 13.2 Å². The molecule has 1 N–H and O–H groups in total. The maximum atomic E-state index is 12.7. The molecule has 0 radical (unpaired) electrons. The summed E-state index contributed by atoms with van der Waals surface area (Å²) in [7, 11) is 1.50. The highest BCUT2D eigenvalue weighted by Crippen LogP contribution is 2.29. The molecule has 0 heterocycles. The van der Waals surface area contributed by atoms with Gasteiger partial charge in [-0.1, -0.05) is 13.0 Å². The number of amides is 1. The SMILES string of the molecule is CC[C@@H](C)N=C(NC(=O)c1cccc(C(F)(F)F)c1)OCCOC. The van der Waals surface area contributed by atoms with Crippen molar-refractivity contribution in [2.45, 2.75) is 32.5 Å². The summed E-state index contributed by atoms with van der Waals surface area (Å²) in [4.78, 5) is 16.4. The van der Waals surface area contributed by atoms with Crippen molar-refractivity contribution in [3.05, 3.63) is 35.4 Å². The molecule has 5 nitrogen and oxygen atoms in total. The topological polar surface area (TPSA) is 59.9 Å². The van der Waals surface area contributed by atoms with Crippen LogP contribution in [0.25, 0.3) is 0 Å². The Balaban J connectivity index is 2.89. The molecule has 1 atom stereocenters. The maximum absolute atomic E-state index is 12.7. The number of hydrogen-bond acceptors (Lipinski definition) is 4. The molecule has 134 valence electrons. The molecule has 0 saturated carbocycles. The lowest BCUT2D eigenvalue weighted by Gasteiger charge is -2.13. The minimum absolute atomic E-state index is 0.0381. The molecule has 0 spiro atoms. The van der Waals surface area contributed by atoms with Crippen molar-refractivity contribution < 1.29 is 27.4 Å². The van der Waals surface area contributed by atoms with Gasteiger partial charge in [-0.3, -0.25) is 10.1 Å². The van der Waals surface area contributed by atoms with Gasteiger partial charge in [-0.2, -0.15) is 13.2 Å². The van der Waals surface area contributed by atoms with E-state index in [4.69, 9.17) is 9.47 Å². The molecule has 24 heavy (non-hydrogen) atoms. The van der Waals surface area contributed by atoms with Gasteiger partial charge < -0.3 is 9.47 Å². The Morgan fingerprint density at radius 3 is 2.62 bits per heavy atom. The maximum Gasteiger partial charge on any atom is 0.416 e. The van der Waals surface area contributed by atoms with Crippen molar-refractivity contribution in [1.82, 2.24) is 5.32 Å². The molecule has 0 fully saturated rings. The van der Waals surface area contributed by atoms with Crippen molar-refractivity contribution in [2.75, 3.05) is 20.3 Å². The van der Waals surface area contributed by atoms with Crippen LogP contribution >= 0.6 is 0 Å². The number of aliphatic imine (C=N–C) groups is 1. The molecule has 0 aromatic heterocycles. The van der Waals surface area contributed by atoms with E-state index in [9.17, 15) is 18.0 Å². The minimum Gasteiger partial charge on any atom is -0.463 e. The summed E-state index contributed by atoms with van der Waals surface area (Å²) >= 11 is 0. The average Bonchev–Trinajstić information content (AvgIpc) is 2.54. The molecule has 1 amide bonds. The average molecular weight is 346 g/mol. The highest BCUT2D eigenvalue weighted by molar-refractivity contribution is 6.04. The van der Waals surface area contributed by atoms with Gasteiger partial charge in [0.05, 0.1) is 18.2 Å². The molecular formula is C16H21F3N2O3. The van der Waals surface area contributed by atoms with Crippen molar-refractivity contribution in [2.24, 2.45) is 4.99 Å². The van der Waals surface area contributed by atoms with E-state index < -0.39 is 17.6 Å². The molecular weight excluding hydrogens is 325 g/mol. The lowest BCUT2D eigenvalue weighted by molar-refractivity contribution is -0.137. The molecule has 1 aromatic rings. The number of benzene rings is 1. The van der Waals surface area contributed by atoms with E-state index in [1.165, 1.54) is 19.2 Å². The number of hydrogen-bond donors (Lipinski definition) is 1. The van der Waals surface area contributed by atoms with E-state index in [0.717, 1.165) is 18.6 Å². The molecule has 8 heteroatoms. The Labute approximate surface area is 138 Å². The number of halogens is 3. The predicted octanol–water partition coefficient (Wildman–Crippen LogP) is 3.25. The third kappa shape index (κ3) is 6.57. The van der Waals surface area contributed by atoms with Gasteiger partial charge in [-0.05, 0) is 31.5 Å². The molecule has 0 aliphatic rings. The van der Waals surface area contributed by atoms with Crippen LogP contribution in [0.5, 0.6) is 0 Å². The number of amidine groups is 1. The number of carbonyl (C=O) groups excluding carboxylic acids is 1. The lowest BCUT2D eigenvalue weighted by atomic mass is 10.1. The van der Waals surface area contributed by atoms with Gasteiger partial charge in [-0.15, -0.1) is 0 Å². The fourth-order valence-electron chi connectivity index (χ4n) is 1.62. The molecule has 0 bridgehead atoms. The largest absolute Gasteiger partial charge is 0.463 e. The van der Waals surface area contributed by atoms with E-state index >= 15 is 0 Å². The quantitative estimate of drug-likeness (QED) is 0.489. The van der Waals surface area contributed by atoms with E-state index in [2.05, 4.69) is 10.3 Å². The Kier molecular flexibility index (Phi) is 7.70. The van der Waals surface area contributed by atoms with Crippen LogP contribution in [-0.2, 0) is 15.7 Å². The molecule has 0 aliphatic carbocycles. The van der Waals surface area contributed by atoms with Gasteiger partial charge >= 0.3 is 6.18 Å². The van der Waals surface area contributed by atoms with Crippen LogP contribution in [0.15, 0.2) is 29.3 Å². The van der Waals surface area contributed by atoms with Crippen LogP contribution in [0.2, 0.25) is 0 Å². The molecule has 1 rings (SSSR count). The predicted molar refractivity (Wildman–Crippen MR) is 83.9 cm³/mol. The third-order valence-corrected chi connectivity index (χ3v) is 3.13. The van der Waals surface area contributed by atoms with Gasteiger partial charge in [0.15, 0.2) is 0 Å². The van der Waals surface area contributed by atoms with E-state index in [1.807, 2.05) is 13.8 Å². The van der Waals surface area contributed by atoms with Crippen LogP contribution in [0, 0.1) is 0 Å². The Morgan fingerprint density at radius 2 is 2.04 bits per heavy atom. The standard InChI is InChI=1S/C16H21F3N2O3/c1-4-11(2)20-15(24-9-8-23-3)21-14(22)12-6-5-7-13(10-12)16(17,18)19/h5-7,10-11H,4,8-9H2,1-3H3,(H,20,21,22)/t11-/m1/s1. The first-order valence-corrected chi connectivity index (χ1v) is 7.46. The number of methoxy groups -OCH3 is 1. The van der Waals surface area contributed by atoms with E-state index in [0.29, 0.717) is 6.61 Å². The second-order valence-electron chi connectivity index (χ2n) is 5.07. The van der Waals surface area contributed by atoms with Gasteiger partial charge in [0.1, 0.15) is 6.61 Å². The Hall–Kier alpha value is -2.09. The monoisotopic (exact) mass is 346 g/mol. The second kappa shape index (κ2) is 9.27. The van der Waals surface area contributed by atoms with Gasteiger partial charge in [0, 0.05) is 12.7 Å². The Morgan fingerprint density at radius 1 is 1.33 bits per heavy atom. The first-order chi connectivity index (χ1) is 11.3. The normalized spacial score (nSPS) is 13.5. The first-order valence-electron chi connectivity index (χ1n) is 7.46. The van der Waals surface area contributed by atoms with Crippen LogP contribution in [0.3, 0.4) is 0 Å². The number of ether oxygens (including phenoxy) is 2. The summed E-state index contributed by atoms with van der Waals surface area (Å²) in [6, 6.07) is 4.01. The minimum atomic E-state index is -4.51. The third-order valence-electron chi connectivity index (χ3n) is 3.13. The van der Waals surface area contributed by atoms with Crippen molar-refractivity contribution in [1.29, 1.82) is 0 Å². The summed E-state index contributed by atoms with van der Waals surface area (Å²) < 4.78 is 48.3. The molecule has 0 saturated heterocycles. The van der Waals surface area contributed by atoms with Gasteiger partial charge in [0.25, 0.3) is 11.9 Å². The zero-order valence-corrected chi connectivity index (χ0v) is 13.8. The van der Waals surface area contributed by atoms with Crippen LogP contribution in [0.1, 0.15) is 36.2 Å². The lowest BCUT2D eigenvalue weighted by Crippen LogP contribution is -2.34. The molecule has 1 aromatic carbocycles. The number of nitrogens with zero attached hydrogens (tertiary/aromatic N) is 1. The zero-order valence-electron chi connectivity index (χ0n) is 13.8. The van der Waals surface area contributed by atoms with Crippen LogP contribution in [-0.4, -0.2) is 38.3 Å². The fraction of sp³-hybridized carbons (Fsp3) is 0.500. The number of carbonyl (C=O) groups is 1. The number of alkyl halides is 3. The summed E-state index contributed by atoms with van der Waals surface area (Å²) in [5.74, 6) is -0.722. The van der Waals surface area contributed by atoms with E-state index in [-0.39, 0.29) is 24.2 Å². The van der Waals surface area contributed by atoms with Crippen molar-refractivity contribution in [3.8, 4) is 0 Å². The number of rotatable bonds is 6. The summed E-state index contributed by atoms with van der Waals surface area (Å²) in [6.45, 7) is 4.19. The van der Waals surface area contributed by atoms with Crippen molar-refractivity contribution in [3.63, 3.8) is 0 Å². The zero-order chi connectivity index (χ0) is 18.2. The summed E-state index contributed by atoms with van der Waals surface area (Å²) in [5, 5.41) is 2.40.